The number of hydrogen-bond acceptors (Lipinski definition) is 0. The fraction of sp³-hybridized carbons (Fsp3) is 0. The Morgan fingerprint density at radius 1 is 0.929 bits per heavy atom. The molecule has 0 bridgehead atoms. The van der Waals surface area contributed by atoms with Crippen molar-refractivity contribution in [2.45, 2.75) is 0 Å². The Bertz CT molecular complexity index is 438. The molecule has 2 rings (SSSR count). The molecule has 1 heterocycles. The largest absolute Gasteiger partial charge is 0.320 e. The predicted octanol–water partition coefficient (Wildman–Crippen LogP) is -0.0855. The minimum absolute atomic E-state index is 0.972. The molecule has 3 heteroatoms. The van der Waals surface area contributed by atoms with Gasteiger partial charge in [0.25, 0.3) is 0 Å². The van der Waals surface area contributed by atoms with Crippen LogP contribution in [0.15, 0.2) is 42.6 Å². The zero-order chi connectivity index (χ0) is 9.97. The zero-order valence-corrected chi connectivity index (χ0v) is 7.96. The van der Waals surface area contributed by atoms with Gasteiger partial charge in [-0.05, 0) is 12.1 Å². The quantitative estimate of drug-likeness (QED) is 0.628. The van der Waals surface area contributed by atoms with Crippen LogP contribution in [0, 0.1) is 0 Å². The summed E-state index contributed by atoms with van der Waals surface area (Å²) in [5.41, 5.74) is 12.1. The first-order valence-corrected chi connectivity index (χ1v) is 4.53. The van der Waals surface area contributed by atoms with Gasteiger partial charge >= 0.3 is 0 Å². The van der Waals surface area contributed by atoms with E-state index in [-0.39, 0.29) is 0 Å². The molecular formula is C11H14N3+3. The van der Waals surface area contributed by atoms with Crippen molar-refractivity contribution in [1.29, 1.82) is 0 Å². The maximum Gasteiger partial charge on any atom is 0.217 e. The number of benzene rings is 1. The van der Waals surface area contributed by atoms with Crippen molar-refractivity contribution in [2.24, 2.45) is 0 Å². The summed E-state index contributed by atoms with van der Waals surface area (Å²) >= 11 is 0. The molecule has 0 aliphatic carbocycles. The molecule has 0 radical (unpaired) electrons. The van der Waals surface area contributed by atoms with Gasteiger partial charge in [0.15, 0.2) is 11.9 Å². The maximum absolute atomic E-state index is 4.01. The third-order valence-corrected chi connectivity index (χ3v) is 2.27. The summed E-state index contributed by atoms with van der Waals surface area (Å²) in [6.07, 6.45) is 1.91. The molecule has 2 aromatic rings. The minimum atomic E-state index is 0.972. The van der Waals surface area contributed by atoms with Crippen molar-refractivity contribution in [1.82, 2.24) is 0 Å². The van der Waals surface area contributed by atoms with Gasteiger partial charge in [0.1, 0.15) is 5.56 Å². The van der Waals surface area contributed by atoms with E-state index in [0.717, 1.165) is 22.6 Å². The highest BCUT2D eigenvalue weighted by Crippen LogP contribution is 2.24. The van der Waals surface area contributed by atoms with Crippen LogP contribution in [0.25, 0.3) is 11.3 Å². The molecule has 0 aliphatic rings. The highest BCUT2D eigenvalue weighted by Gasteiger charge is 2.14. The maximum atomic E-state index is 4.01. The molecule has 70 valence electrons. The Balaban J connectivity index is 2.58. The topological polar surface area (TPSA) is 69.4 Å². The van der Waals surface area contributed by atoms with Crippen LogP contribution >= 0.6 is 0 Å². The van der Waals surface area contributed by atoms with Crippen molar-refractivity contribution < 1.29 is 16.5 Å². The van der Waals surface area contributed by atoms with E-state index in [0.29, 0.717) is 0 Å². The number of rotatable bonds is 1. The smallest absolute Gasteiger partial charge is 0.217 e. The van der Waals surface area contributed by atoms with Gasteiger partial charge in [0, 0.05) is 18.2 Å². The van der Waals surface area contributed by atoms with E-state index in [2.05, 4.69) is 16.5 Å². The molecule has 0 atom stereocenters. The van der Waals surface area contributed by atoms with Crippen LogP contribution < -0.4 is 16.5 Å². The number of quaternary nitrogens is 2. The monoisotopic (exact) mass is 188 g/mol. The summed E-state index contributed by atoms with van der Waals surface area (Å²) in [4.78, 5) is 3.18. The molecule has 3 nitrogen and oxygen atoms in total. The first-order chi connectivity index (χ1) is 6.79. The van der Waals surface area contributed by atoms with E-state index in [9.17, 15) is 0 Å². The lowest BCUT2D eigenvalue weighted by atomic mass is 10.1. The molecule has 14 heavy (non-hydrogen) atoms. The molecule has 0 unspecified atom stereocenters. The van der Waals surface area contributed by atoms with E-state index >= 15 is 0 Å². The molecule has 0 spiro atoms. The molecule has 0 amide bonds. The number of aromatic nitrogens is 1. The van der Waals surface area contributed by atoms with Crippen LogP contribution in [-0.2, 0) is 0 Å². The van der Waals surface area contributed by atoms with Gasteiger partial charge in [-0.2, -0.15) is 0 Å². The van der Waals surface area contributed by atoms with Crippen LogP contribution in [0.5, 0.6) is 0 Å². The lowest BCUT2D eigenvalue weighted by molar-refractivity contribution is -0.365. The Kier molecular flexibility index (Phi) is 2.26. The van der Waals surface area contributed by atoms with Gasteiger partial charge in [-0.15, -0.1) is 0 Å². The van der Waals surface area contributed by atoms with Crippen LogP contribution in [-0.4, -0.2) is 0 Å². The number of hydrogen-bond donors (Lipinski definition) is 2. The first-order valence-electron chi connectivity index (χ1n) is 4.53. The summed E-state index contributed by atoms with van der Waals surface area (Å²) in [7, 11) is 0. The van der Waals surface area contributed by atoms with E-state index in [1.165, 1.54) is 0 Å². The molecule has 1 aromatic heterocycles. The second-order valence-electron chi connectivity index (χ2n) is 3.22. The number of nitrogens with one attached hydrogen (secondary N) is 1. The van der Waals surface area contributed by atoms with Gasteiger partial charge in [-0.25, -0.2) is 4.98 Å². The zero-order valence-electron chi connectivity index (χ0n) is 7.96. The minimum Gasteiger partial charge on any atom is -0.320 e. The van der Waals surface area contributed by atoms with E-state index in [4.69, 9.17) is 0 Å². The van der Waals surface area contributed by atoms with Gasteiger partial charge in [-0.1, -0.05) is 6.07 Å². The van der Waals surface area contributed by atoms with Crippen LogP contribution in [0.2, 0.25) is 0 Å². The van der Waals surface area contributed by atoms with Crippen molar-refractivity contribution in [3.05, 3.63) is 42.6 Å². The van der Waals surface area contributed by atoms with Gasteiger partial charge < -0.3 is 11.5 Å². The van der Waals surface area contributed by atoms with Crippen molar-refractivity contribution in [2.75, 3.05) is 0 Å². The van der Waals surface area contributed by atoms with Crippen LogP contribution in [0.4, 0.5) is 11.4 Å². The van der Waals surface area contributed by atoms with Gasteiger partial charge in [0.05, 0.1) is 0 Å². The number of pyridine rings is 1. The second-order valence-corrected chi connectivity index (χ2v) is 3.22. The summed E-state index contributed by atoms with van der Waals surface area (Å²) in [6.45, 7) is 0. The predicted molar refractivity (Wildman–Crippen MR) is 53.5 cm³/mol. The average Bonchev–Trinajstić information content (AvgIpc) is 2.23. The lowest BCUT2D eigenvalue weighted by Crippen LogP contribution is -2.50. The van der Waals surface area contributed by atoms with Crippen molar-refractivity contribution in [3.8, 4) is 11.3 Å². The normalized spacial score (nSPS) is 10.1. The Morgan fingerprint density at radius 3 is 2.50 bits per heavy atom. The van der Waals surface area contributed by atoms with E-state index in [1.807, 2.05) is 42.6 Å². The van der Waals surface area contributed by atoms with Crippen molar-refractivity contribution >= 4 is 11.4 Å². The highest BCUT2D eigenvalue weighted by atomic mass is 14.7. The molecular weight excluding hydrogens is 174 g/mol. The summed E-state index contributed by atoms with van der Waals surface area (Å²) in [6, 6.07) is 12.0. The SMILES string of the molecule is [NH3+]c1cccc(-c2cccc[nH+]2)c1[NH3+]. The molecule has 0 aliphatic heterocycles. The van der Waals surface area contributed by atoms with E-state index in [1.54, 1.807) is 0 Å². The Morgan fingerprint density at radius 2 is 1.79 bits per heavy atom. The molecule has 0 fully saturated rings. The fourth-order valence-corrected chi connectivity index (χ4v) is 1.45. The summed E-state index contributed by atoms with van der Waals surface area (Å²) < 4.78 is 0. The second kappa shape index (κ2) is 3.57. The van der Waals surface area contributed by atoms with Gasteiger partial charge in [0.2, 0.25) is 11.4 Å². The standard InChI is InChI=1S/C11H11N3/c12-9-5-3-4-8(11(9)13)10-6-1-2-7-14-10/h1-7H,12-13H2/p+3. The molecule has 0 saturated carbocycles. The lowest BCUT2D eigenvalue weighted by Gasteiger charge is -1.97. The summed E-state index contributed by atoms with van der Waals surface area (Å²) in [5, 5.41) is 0. The first kappa shape index (κ1) is 8.87. The third kappa shape index (κ3) is 1.51. The highest BCUT2D eigenvalue weighted by molar-refractivity contribution is 5.74. The number of H-pyrrole nitrogens is 1. The Labute approximate surface area is 82.4 Å². The Hall–Kier alpha value is -1.71. The van der Waals surface area contributed by atoms with Crippen LogP contribution in [0.3, 0.4) is 0 Å². The molecule has 7 N–H and O–H groups in total. The molecule has 1 aromatic carbocycles. The van der Waals surface area contributed by atoms with E-state index < -0.39 is 0 Å². The average molecular weight is 188 g/mol. The van der Waals surface area contributed by atoms with Crippen molar-refractivity contribution in [3.63, 3.8) is 0 Å². The van der Waals surface area contributed by atoms with Crippen LogP contribution in [0.1, 0.15) is 0 Å². The number of aromatic amines is 1. The fourth-order valence-electron chi connectivity index (χ4n) is 1.45. The van der Waals surface area contributed by atoms with Gasteiger partial charge in [-0.3, -0.25) is 0 Å². The molecule has 0 saturated heterocycles. The third-order valence-electron chi connectivity index (χ3n) is 2.27. The summed E-state index contributed by atoms with van der Waals surface area (Å²) in [5.74, 6) is 0.